The van der Waals surface area contributed by atoms with E-state index in [1.165, 1.54) is 16.7 Å². The highest BCUT2D eigenvalue weighted by atomic mass is 79.9. The molecule has 1 saturated heterocycles. The van der Waals surface area contributed by atoms with E-state index < -0.39 is 0 Å². The van der Waals surface area contributed by atoms with Gasteiger partial charge in [-0.2, -0.15) is 0 Å². The van der Waals surface area contributed by atoms with Gasteiger partial charge in [-0.05, 0) is 34.1 Å². The minimum absolute atomic E-state index is 0.161. The molecule has 4 nitrogen and oxygen atoms in total. The van der Waals surface area contributed by atoms with Crippen molar-refractivity contribution in [2.45, 2.75) is 11.7 Å². The number of hydrogen-bond acceptors (Lipinski definition) is 4. The normalized spacial score (nSPS) is 19.3. The molecule has 2 rings (SSSR count). The fourth-order valence-electron chi connectivity index (χ4n) is 1.86. The molecule has 102 valence electrons. The Hall–Kier alpha value is -0.370. The Kier molecular flexibility index (Phi) is 5.05. The molecule has 1 unspecified atom stereocenters. The first-order chi connectivity index (χ1) is 9.04. The lowest BCUT2D eigenvalue weighted by Gasteiger charge is -2.16. The van der Waals surface area contributed by atoms with Crippen molar-refractivity contribution >= 4 is 61.1 Å². The van der Waals surface area contributed by atoms with Crippen LogP contribution in [0.2, 0.25) is 0 Å². The molecule has 2 amide bonds. The minimum atomic E-state index is -0.313. The molecule has 0 spiro atoms. The second-order valence-corrected chi connectivity index (χ2v) is 7.10. The third-order valence-electron chi connectivity index (χ3n) is 2.69. The van der Waals surface area contributed by atoms with Crippen LogP contribution in [0.4, 0.5) is 5.69 Å². The average molecular weight is 408 g/mol. The quantitative estimate of drug-likeness (QED) is 0.779. The molecular formula is C12H12Br2N2O2S. The summed E-state index contributed by atoms with van der Waals surface area (Å²) in [6.45, 7) is 0.505. The number of nitrogens with two attached hydrogens (primary N) is 1. The Morgan fingerprint density at radius 1 is 1.37 bits per heavy atom. The van der Waals surface area contributed by atoms with Crippen LogP contribution in [0, 0.1) is 0 Å². The van der Waals surface area contributed by atoms with Crippen molar-refractivity contribution in [3.8, 4) is 0 Å². The molecule has 1 fully saturated rings. The van der Waals surface area contributed by atoms with Gasteiger partial charge in [0.1, 0.15) is 0 Å². The van der Waals surface area contributed by atoms with Gasteiger partial charge in [0.2, 0.25) is 11.8 Å². The van der Waals surface area contributed by atoms with E-state index in [0.29, 0.717) is 22.5 Å². The number of imide groups is 1. The van der Waals surface area contributed by atoms with Crippen LogP contribution in [-0.2, 0) is 9.59 Å². The van der Waals surface area contributed by atoms with Crippen LogP contribution in [0.15, 0.2) is 27.1 Å². The summed E-state index contributed by atoms with van der Waals surface area (Å²) in [5.74, 6) is 0.355. The fraction of sp³-hybridized carbons (Fsp3) is 0.333. The first kappa shape index (κ1) is 15.0. The predicted molar refractivity (Wildman–Crippen MR) is 84.3 cm³/mol. The van der Waals surface area contributed by atoms with Gasteiger partial charge in [-0.3, -0.25) is 9.59 Å². The van der Waals surface area contributed by atoms with Gasteiger partial charge in [0.25, 0.3) is 0 Å². The van der Waals surface area contributed by atoms with Gasteiger partial charge < -0.3 is 5.73 Å². The van der Waals surface area contributed by atoms with E-state index in [0.717, 1.165) is 4.47 Å². The summed E-state index contributed by atoms with van der Waals surface area (Å²) in [7, 11) is 0. The lowest BCUT2D eigenvalue weighted by Crippen LogP contribution is -2.31. The van der Waals surface area contributed by atoms with Gasteiger partial charge in [0.05, 0.1) is 10.9 Å². The van der Waals surface area contributed by atoms with Crippen molar-refractivity contribution in [3.05, 3.63) is 27.1 Å². The lowest BCUT2D eigenvalue weighted by molar-refractivity contribution is -0.121. The number of rotatable bonds is 4. The number of anilines is 1. The first-order valence-corrected chi connectivity index (χ1v) is 8.31. The highest BCUT2D eigenvalue weighted by Crippen LogP contribution is 2.35. The van der Waals surface area contributed by atoms with Crippen LogP contribution >= 0.6 is 43.6 Å². The molecule has 1 aliphatic rings. The number of hydrogen-bond donors (Lipinski definition) is 1. The van der Waals surface area contributed by atoms with Gasteiger partial charge in [0, 0.05) is 27.7 Å². The molecule has 0 bridgehead atoms. The smallest absolute Gasteiger partial charge is 0.247 e. The standard InChI is InChI=1S/C12H12Br2N2O2S/c13-7-1-2-9(8(14)5-7)16-11(17)6-10(12(16)18)19-4-3-15/h1-2,5,10H,3-4,6,15H2. The minimum Gasteiger partial charge on any atom is -0.330 e. The molecule has 1 heterocycles. The Morgan fingerprint density at radius 3 is 2.74 bits per heavy atom. The van der Waals surface area contributed by atoms with E-state index in [9.17, 15) is 9.59 Å². The van der Waals surface area contributed by atoms with E-state index in [1.54, 1.807) is 12.1 Å². The zero-order valence-corrected chi connectivity index (χ0v) is 13.9. The largest absolute Gasteiger partial charge is 0.330 e. The first-order valence-electron chi connectivity index (χ1n) is 5.68. The van der Waals surface area contributed by atoms with Gasteiger partial charge in [-0.15, -0.1) is 11.8 Å². The summed E-state index contributed by atoms with van der Waals surface area (Å²) in [6.07, 6.45) is 0.242. The third-order valence-corrected chi connectivity index (χ3v) is 5.06. The number of carbonyl (C=O) groups is 2. The molecule has 0 aliphatic carbocycles. The van der Waals surface area contributed by atoms with E-state index in [-0.39, 0.29) is 23.5 Å². The van der Waals surface area contributed by atoms with E-state index in [2.05, 4.69) is 31.9 Å². The third kappa shape index (κ3) is 3.21. The van der Waals surface area contributed by atoms with Crippen molar-refractivity contribution in [2.24, 2.45) is 5.73 Å². The van der Waals surface area contributed by atoms with E-state index >= 15 is 0 Å². The summed E-state index contributed by atoms with van der Waals surface area (Å²) >= 11 is 8.17. The maximum absolute atomic E-state index is 12.3. The molecule has 1 atom stereocenters. The van der Waals surface area contributed by atoms with Crippen LogP contribution in [0.5, 0.6) is 0 Å². The van der Waals surface area contributed by atoms with Crippen molar-refractivity contribution in [1.29, 1.82) is 0 Å². The summed E-state index contributed by atoms with van der Waals surface area (Å²) in [5.41, 5.74) is 6.02. The predicted octanol–water partition coefficient (Wildman–Crippen LogP) is 2.54. The number of halogens is 2. The number of carbonyl (C=O) groups excluding carboxylic acids is 2. The molecule has 1 aromatic carbocycles. The van der Waals surface area contributed by atoms with E-state index in [1.807, 2.05) is 6.07 Å². The fourth-order valence-corrected chi connectivity index (χ4v) is 4.01. The summed E-state index contributed by atoms with van der Waals surface area (Å²) in [5, 5.41) is -0.313. The maximum Gasteiger partial charge on any atom is 0.247 e. The van der Waals surface area contributed by atoms with Gasteiger partial charge in [-0.25, -0.2) is 4.90 Å². The lowest BCUT2D eigenvalue weighted by atomic mass is 10.3. The second kappa shape index (κ2) is 6.39. The van der Waals surface area contributed by atoms with Gasteiger partial charge >= 0.3 is 0 Å². The average Bonchev–Trinajstić information content (AvgIpc) is 2.63. The van der Waals surface area contributed by atoms with E-state index in [4.69, 9.17) is 5.73 Å². The summed E-state index contributed by atoms with van der Waals surface area (Å²) in [4.78, 5) is 25.5. The highest BCUT2D eigenvalue weighted by Gasteiger charge is 2.40. The molecule has 0 radical (unpaired) electrons. The number of nitrogens with zero attached hydrogens (tertiary/aromatic N) is 1. The Morgan fingerprint density at radius 2 is 2.11 bits per heavy atom. The van der Waals surface area contributed by atoms with Crippen LogP contribution in [-0.4, -0.2) is 29.4 Å². The van der Waals surface area contributed by atoms with Crippen LogP contribution in [0.1, 0.15) is 6.42 Å². The van der Waals surface area contributed by atoms with Crippen molar-refractivity contribution < 1.29 is 9.59 Å². The Labute approximate surface area is 132 Å². The van der Waals surface area contributed by atoms with Crippen LogP contribution < -0.4 is 10.6 Å². The Bertz CT molecular complexity index is 524. The SMILES string of the molecule is NCCSC1CC(=O)N(c2ccc(Br)cc2Br)C1=O. The number of benzene rings is 1. The van der Waals surface area contributed by atoms with Crippen molar-refractivity contribution in [1.82, 2.24) is 0 Å². The van der Waals surface area contributed by atoms with Gasteiger partial charge in [-0.1, -0.05) is 15.9 Å². The Balaban J connectivity index is 2.25. The molecule has 0 aromatic heterocycles. The summed E-state index contributed by atoms with van der Waals surface area (Å²) in [6, 6.07) is 5.37. The molecule has 19 heavy (non-hydrogen) atoms. The molecule has 1 aliphatic heterocycles. The number of amides is 2. The topological polar surface area (TPSA) is 63.4 Å². The highest BCUT2D eigenvalue weighted by molar-refractivity contribution is 9.11. The monoisotopic (exact) mass is 406 g/mol. The zero-order valence-electron chi connectivity index (χ0n) is 9.94. The van der Waals surface area contributed by atoms with Gasteiger partial charge in [0.15, 0.2) is 0 Å². The molecule has 0 saturated carbocycles. The maximum atomic E-state index is 12.3. The molecule has 2 N–H and O–H groups in total. The zero-order chi connectivity index (χ0) is 14.0. The second-order valence-electron chi connectivity index (χ2n) is 4.02. The number of thioether (sulfide) groups is 1. The van der Waals surface area contributed by atoms with Crippen molar-refractivity contribution in [2.75, 3.05) is 17.2 Å². The molecular weight excluding hydrogens is 396 g/mol. The summed E-state index contributed by atoms with van der Waals surface area (Å²) < 4.78 is 1.60. The molecule has 7 heteroatoms. The molecule has 1 aromatic rings. The van der Waals surface area contributed by atoms with Crippen molar-refractivity contribution in [3.63, 3.8) is 0 Å². The van der Waals surface area contributed by atoms with Crippen LogP contribution in [0.25, 0.3) is 0 Å². The van der Waals surface area contributed by atoms with Crippen LogP contribution in [0.3, 0.4) is 0 Å².